The highest BCUT2D eigenvalue weighted by Gasteiger charge is 2.60. The Labute approximate surface area is 121 Å². The van der Waals surface area contributed by atoms with Crippen LogP contribution >= 0.6 is 0 Å². The maximum absolute atomic E-state index is 15.0. The van der Waals surface area contributed by atoms with E-state index < -0.39 is 23.1 Å². The van der Waals surface area contributed by atoms with Gasteiger partial charge in [0.05, 0.1) is 6.61 Å². The maximum Gasteiger partial charge on any atom is 0.318 e. The number of rotatable bonds is 4. The summed E-state index contributed by atoms with van der Waals surface area (Å²) in [6.07, 6.45) is -0.0353. The first-order valence-electron chi connectivity index (χ1n) is 6.96. The van der Waals surface area contributed by atoms with Crippen LogP contribution in [0.4, 0.5) is 13.2 Å². The van der Waals surface area contributed by atoms with Gasteiger partial charge in [-0.2, -0.15) is 0 Å². The highest BCUT2D eigenvalue weighted by molar-refractivity contribution is 5.78. The molecule has 1 fully saturated rings. The van der Waals surface area contributed by atoms with Crippen molar-refractivity contribution in [2.45, 2.75) is 25.7 Å². The van der Waals surface area contributed by atoms with Crippen LogP contribution in [0.2, 0.25) is 0 Å². The van der Waals surface area contributed by atoms with E-state index in [1.54, 1.807) is 6.92 Å². The Kier molecular flexibility index (Phi) is 4.56. The fraction of sp³-hybridized carbons (Fsp3) is 0.533. The molecule has 0 saturated carbocycles. The molecule has 3 nitrogen and oxygen atoms in total. The van der Waals surface area contributed by atoms with Crippen molar-refractivity contribution < 1.29 is 22.7 Å². The molecule has 1 aromatic carbocycles. The van der Waals surface area contributed by atoms with Crippen LogP contribution in [0.3, 0.4) is 0 Å². The van der Waals surface area contributed by atoms with Gasteiger partial charge in [0.25, 0.3) is 5.92 Å². The third-order valence-corrected chi connectivity index (χ3v) is 3.93. The Balaban J connectivity index is 2.43. The molecule has 0 aliphatic carbocycles. The predicted octanol–water partition coefficient (Wildman–Crippen LogP) is 2.85. The molecule has 0 radical (unpaired) electrons. The quantitative estimate of drug-likeness (QED) is 0.869. The highest BCUT2D eigenvalue weighted by Crippen LogP contribution is 2.51. The van der Waals surface area contributed by atoms with Gasteiger partial charge in [0, 0.05) is 5.56 Å². The molecule has 2 rings (SSSR count). The zero-order valence-electron chi connectivity index (χ0n) is 11.8. The highest BCUT2D eigenvalue weighted by atomic mass is 19.3. The molecule has 6 heteroatoms. The van der Waals surface area contributed by atoms with E-state index in [9.17, 15) is 18.0 Å². The molecular weight excluding hydrogens is 283 g/mol. The predicted molar refractivity (Wildman–Crippen MR) is 71.5 cm³/mol. The van der Waals surface area contributed by atoms with Gasteiger partial charge in [0.15, 0.2) is 0 Å². The SMILES string of the molecule is CCOC(=O)C1(C(F)(F)c2ccc(F)cc2)CCNCC1. The van der Waals surface area contributed by atoms with E-state index in [1.165, 1.54) is 0 Å². The molecule has 0 unspecified atom stereocenters. The van der Waals surface area contributed by atoms with E-state index >= 15 is 0 Å². The topological polar surface area (TPSA) is 38.3 Å². The summed E-state index contributed by atoms with van der Waals surface area (Å²) >= 11 is 0. The number of ether oxygens (including phenoxy) is 1. The Morgan fingerprint density at radius 3 is 2.38 bits per heavy atom. The molecule has 0 atom stereocenters. The first-order chi connectivity index (χ1) is 9.94. The van der Waals surface area contributed by atoms with Crippen molar-refractivity contribution in [1.29, 1.82) is 0 Å². The van der Waals surface area contributed by atoms with E-state index in [-0.39, 0.29) is 25.0 Å². The molecule has 1 aliphatic heterocycles. The molecule has 1 heterocycles. The zero-order valence-corrected chi connectivity index (χ0v) is 11.8. The fourth-order valence-corrected chi connectivity index (χ4v) is 2.70. The van der Waals surface area contributed by atoms with Crippen molar-refractivity contribution in [3.8, 4) is 0 Å². The van der Waals surface area contributed by atoms with E-state index in [0.717, 1.165) is 24.3 Å². The van der Waals surface area contributed by atoms with Crippen molar-refractivity contribution in [3.05, 3.63) is 35.6 Å². The van der Waals surface area contributed by atoms with Gasteiger partial charge in [-0.25, -0.2) is 13.2 Å². The average Bonchev–Trinajstić information content (AvgIpc) is 2.48. The summed E-state index contributed by atoms with van der Waals surface area (Å²) in [5.74, 6) is -4.89. The van der Waals surface area contributed by atoms with E-state index in [4.69, 9.17) is 4.74 Å². The number of nitrogens with one attached hydrogen (secondary N) is 1. The lowest BCUT2D eigenvalue weighted by molar-refractivity contribution is -0.194. The average molecular weight is 301 g/mol. The van der Waals surface area contributed by atoms with Gasteiger partial charge in [0.1, 0.15) is 11.2 Å². The Morgan fingerprint density at radius 1 is 1.29 bits per heavy atom. The smallest absolute Gasteiger partial charge is 0.318 e. The second kappa shape index (κ2) is 6.05. The number of carbonyl (C=O) groups is 1. The number of hydrogen-bond donors (Lipinski definition) is 1. The number of piperidine rings is 1. The number of hydrogen-bond acceptors (Lipinski definition) is 3. The van der Waals surface area contributed by atoms with Crippen LogP contribution in [-0.2, 0) is 15.5 Å². The van der Waals surface area contributed by atoms with E-state index in [2.05, 4.69) is 5.32 Å². The lowest BCUT2D eigenvalue weighted by atomic mass is 9.71. The lowest BCUT2D eigenvalue weighted by Gasteiger charge is -2.41. The standard InChI is InChI=1S/C15H18F3NO2/c1-2-21-13(20)14(7-9-19-10-8-14)15(17,18)11-3-5-12(16)6-4-11/h3-6,19H,2,7-10H2,1H3. The lowest BCUT2D eigenvalue weighted by Crippen LogP contribution is -2.52. The van der Waals surface area contributed by atoms with E-state index in [1.807, 2.05) is 0 Å². The second-order valence-electron chi connectivity index (χ2n) is 5.13. The summed E-state index contributed by atoms with van der Waals surface area (Å²) in [4.78, 5) is 12.2. The minimum atomic E-state index is -3.41. The minimum absolute atomic E-state index is 0.0176. The zero-order chi connectivity index (χ0) is 15.5. The summed E-state index contributed by atoms with van der Waals surface area (Å²) in [6, 6.07) is 4.00. The number of benzene rings is 1. The third kappa shape index (κ3) is 2.77. The maximum atomic E-state index is 15.0. The van der Waals surface area contributed by atoms with Crippen molar-refractivity contribution in [2.24, 2.45) is 5.41 Å². The summed E-state index contributed by atoms with van der Waals surface area (Å²) in [6.45, 7) is 2.27. The largest absolute Gasteiger partial charge is 0.465 e. The molecule has 0 aromatic heterocycles. The first kappa shape index (κ1) is 15.8. The minimum Gasteiger partial charge on any atom is -0.465 e. The van der Waals surface area contributed by atoms with Gasteiger partial charge < -0.3 is 10.1 Å². The first-order valence-corrected chi connectivity index (χ1v) is 6.96. The molecule has 1 N–H and O–H groups in total. The normalized spacial score (nSPS) is 18.3. The van der Waals surface area contributed by atoms with Crippen LogP contribution in [-0.4, -0.2) is 25.7 Å². The van der Waals surface area contributed by atoms with Crippen molar-refractivity contribution in [1.82, 2.24) is 5.32 Å². The van der Waals surface area contributed by atoms with Crippen LogP contribution in [0.5, 0.6) is 0 Å². The van der Waals surface area contributed by atoms with Crippen LogP contribution in [0.15, 0.2) is 24.3 Å². The number of halogens is 3. The number of alkyl halides is 2. The Hall–Kier alpha value is -1.56. The molecule has 1 saturated heterocycles. The van der Waals surface area contributed by atoms with Gasteiger partial charge in [-0.1, -0.05) is 12.1 Å². The van der Waals surface area contributed by atoms with Crippen LogP contribution in [0, 0.1) is 11.2 Å². The number of carbonyl (C=O) groups excluding carboxylic acids is 1. The summed E-state index contributed by atoms with van der Waals surface area (Å²) in [5.41, 5.74) is -2.26. The fourth-order valence-electron chi connectivity index (χ4n) is 2.70. The monoisotopic (exact) mass is 301 g/mol. The van der Waals surface area contributed by atoms with Crippen LogP contribution < -0.4 is 5.32 Å². The molecule has 21 heavy (non-hydrogen) atoms. The molecule has 116 valence electrons. The molecule has 1 aliphatic rings. The Bertz CT molecular complexity index is 496. The molecule has 0 amide bonds. The van der Waals surface area contributed by atoms with Gasteiger partial charge >= 0.3 is 5.97 Å². The van der Waals surface area contributed by atoms with Gasteiger partial charge in [-0.05, 0) is 45.0 Å². The second-order valence-corrected chi connectivity index (χ2v) is 5.13. The summed E-state index contributed by atoms with van der Waals surface area (Å²) in [5, 5.41) is 2.97. The molecule has 0 spiro atoms. The van der Waals surface area contributed by atoms with Crippen molar-refractivity contribution in [2.75, 3.05) is 19.7 Å². The van der Waals surface area contributed by atoms with Gasteiger partial charge in [-0.15, -0.1) is 0 Å². The van der Waals surface area contributed by atoms with Gasteiger partial charge in [-0.3, -0.25) is 4.79 Å². The molecule has 0 bridgehead atoms. The van der Waals surface area contributed by atoms with Crippen LogP contribution in [0.25, 0.3) is 0 Å². The van der Waals surface area contributed by atoms with E-state index in [0.29, 0.717) is 13.1 Å². The third-order valence-electron chi connectivity index (χ3n) is 3.93. The summed E-state index contributed by atoms with van der Waals surface area (Å²) in [7, 11) is 0. The molecule has 1 aromatic rings. The number of esters is 1. The van der Waals surface area contributed by atoms with Crippen LogP contribution in [0.1, 0.15) is 25.3 Å². The van der Waals surface area contributed by atoms with Gasteiger partial charge in [0.2, 0.25) is 0 Å². The van der Waals surface area contributed by atoms with Crippen molar-refractivity contribution in [3.63, 3.8) is 0 Å². The molecular formula is C15H18F3NO2. The van der Waals surface area contributed by atoms with Crippen molar-refractivity contribution >= 4 is 5.97 Å². The Morgan fingerprint density at radius 2 is 1.86 bits per heavy atom. The summed E-state index contributed by atoms with van der Waals surface area (Å²) < 4.78 is 47.7.